The summed E-state index contributed by atoms with van der Waals surface area (Å²) in [4.78, 5) is 4.43. The Morgan fingerprint density at radius 2 is 2.29 bits per heavy atom. The van der Waals surface area contributed by atoms with Gasteiger partial charge in [0.2, 0.25) is 0 Å². The number of aryl methyl sites for hydroxylation is 1. The Hall–Kier alpha value is -0.280. The molecular formula is C10H17ClN2S. The average Bonchev–Trinajstić information content (AvgIpc) is 2.65. The van der Waals surface area contributed by atoms with Gasteiger partial charge < -0.3 is 5.32 Å². The van der Waals surface area contributed by atoms with Crippen molar-refractivity contribution in [2.75, 3.05) is 17.7 Å². The second-order valence-electron chi connectivity index (χ2n) is 3.17. The SMILES string of the molecule is CCc1csc(NCCCCCCl)n1. The van der Waals surface area contributed by atoms with Crippen LogP contribution in [0.25, 0.3) is 0 Å². The molecule has 2 nitrogen and oxygen atoms in total. The molecule has 1 aromatic heterocycles. The van der Waals surface area contributed by atoms with Gasteiger partial charge >= 0.3 is 0 Å². The van der Waals surface area contributed by atoms with Crippen molar-refractivity contribution >= 4 is 28.1 Å². The van der Waals surface area contributed by atoms with Gasteiger partial charge in [-0.15, -0.1) is 22.9 Å². The van der Waals surface area contributed by atoms with Crippen LogP contribution in [-0.4, -0.2) is 17.4 Å². The molecule has 0 radical (unpaired) electrons. The Bertz CT molecular complexity index is 250. The highest BCUT2D eigenvalue weighted by Gasteiger charge is 1.98. The van der Waals surface area contributed by atoms with E-state index in [0.717, 1.165) is 30.4 Å². The monoisotopic (exact) mass is 232 g/mol. The second-order valence-corrected chi connectivity index (χ2v) is 4.41. The Morgan fingerprint density at radius 1 is 1.43 bits per heavy atom. The lowest BCUT2D eigenvalue weighted by Crippen LogP contribution is -2.01. The van der Waals surface area contributed by atoms with Gasteiger partial charge in [-0.3, -0.25) is 0 Å². The van der Waals surface area contributed by atoms with Gasteiger partial charge in [-0.05, 0) is 19.3 Å². The first kappa shape index (κ1) is 11.8. The minimum atomic E-state index is 0.775. The lowest BCUT2D eigenvalue weighted by Gasteiger charge is -2.00. The van der Waals surface area contributed by atoms with Gasteiger partial charge in [-0.2, -0.15) is 0 Å². The molecule has 0 spiro atoms. The topological polar surface area (TPSA) is 24.9 Å². The van der Waals surface area contributed by atoms with E-state index in [0.29, 0.717) is 0 Å². The smallest absolute Gasteiger partial charge is 0.182 e. The number of hydrogen-bond donors (Lipinski definition) is 1. The molecule has 80 valence electrons. The summed E-state index contributed by atoms with van der Waals surface area (Å²) in [5.74, 6) is 0.775. The molecule has 0 unspecified atom stereocenters. The van der Waals surface area contributed by atoms with Crippen molar-refractivity contribution in [1.29, 1.82) is 0 Å². The predicted molar refractivity (Wildman–Crippen MR) is 64.6 cm³/mol. The van der Waals surface area contributed by atoms with Gasteiger partial charge in [-0.25, -0.2) is 4.98 Å². The van der Waals surface area contributed by atoms with E-state index in [2.05, 4.69) is 22.6 Å². The van der Waals surface area contributed by atoms with E-state index in [1.54, 1.807) is 11.3 Å². The molecule has 0 aliphatic carbocycles. The van der Waals surface area contributed by atoms with E-state index in [9.17, 15) is 0 Å². The van der Waals surface area contributed by atoms with Crippen LogP contribution in [0.4, 0.5) is 5.13 Å². The number of alkyl halides is 1. The van der Waals surface area contributed by atoms with E-state index >= 15 is 0 Å². The Kier molecular flexibility index (Phi) is 5.96. The van der Waals surface area contributed by atoms with Crippen LogP contribution in [0.15, 0.2) is 5.38 Å². The normalized spacial score (nSPS) is 10.4. The van der Waals surface area contributed by atoms with E-state index in [4.69, 9.17) is 11.6 Å². The van der Waals surface area contributed by atoms with Crippen LogP contribution < -0.4 is 5.32 Å². The van der Waals surface area contributed by atoms with Crippen LogP contribution in [0.1, 0.15) is 31.9 Å². The molecule has 0 aliphatic heterocycles. The fraction of sp³-hybridized carbons (Fsp3) is 0.700. The zero-order valence-electron chi connectivity index (χ0n) is 8.55. The van der Waals surface area contributed by atoms with Gasteiger partial charge in [0.25, 0.3) is 0 Å². The number of hydrogen-bond acceptors (Lipinski definition) is 3. The standard InChI is InChI=1S/C10H17ClN2S/c1-2-9-8-14-10(13-9)12-7-5-3-4-6-11/h8H,2-7H2,1H3,(H,12,13). The molecule has 0 bridgehead atoms. The summed E-state index contributed by atoms with van der Waals surface area (Å²) in [6.07, 6.45) is 4.50. The summed E-state index contributed by atoms with van der Waals surface area (Å²) >= 11 is 7.28. The van der Waals surface area contributed by atoms with E-state index in [1.165, 1.54) is 18.5 Å². The number of thiazole rings is 1. The molecule has 1 aromatic rings. The number of rotatable bonds is 7. The maximum absolute atomic E-state index is 5.59. The first-order valence-electron chi connectivity index (χ1n) is 5.11. The highest BCUT2D eigenvalue weighted by atomic mass is 35.5. The maximum atomic E-state index is 5.59. The molecule has 0 amide bonds. The summed E-state index contributed by atoms with van der Waals surface area (Å²) < 4.78 is 0. The third-order valence-corrected chi connectivity index (χ3v) is 3.12. The van der Waals surface area contributed by atoms with Gasteiger partial charge in [0, 0.05) is 17.8 Å². The molecule has 4 heteroatoms. The maximum Gasteiger partial charge on any atom is 0.182 e. The molecule has 0 aliphatic rings. The van der Waals surface area contributed by atoms with Crippen molar-refractivity contribution in [2.24, 2.45) is 0 Å². The van der Waals surface area contributed by atoms with Gasteiger partial charge in [0.15, 0.2) is 5.13 Å². The molecule has 1 heterocycles. The number of nitrogens with zero attached hydrogens (tertiary/aromatic N) is 1. The minimum Gasteiger partial charge on any atom is -0.362 e. The molecule has 14 heavy (non-hydrogen) atoms. The molecular weight excluding hydrogens is 216 g/mol. The predicted octanol–water partition coefficient (Wildman–Crippen LogP) is 3.53. The number of anilines is 1. The van der Waals surface area contributed by atoms with Crippen LogP contribution >= 0.6 is 22.9 Å². The largest absolute Gasteiger partial charge is 0.362 e. The van der Waals surface area contributed by atoms with Crippen LogP contribution in [0.5, 0.6) is 0 Å². The first-order chi connectivity index (χ1) is 6.86. The first-order valence-corrected chi connectivity index (χ1v) is 6.52. The van der Waals surface area contributed by atoms with E-state index in [-0.39, 0.29) is 0 Å². The molecule has 0 fully saturated rings. The average molecular weight is 233 g/mol. The summed E-state index contributed by atoms with van der Waals surface area (Å²) in [5.41, 5.74) is 1.18. The number of unbranched alkanes of at least 4 members (excludes halogenated alkanes) is 2. The summed E-state index contributed by atoms with van der Waals surface area (Å²) in [6.45, 7) is 3.13. The fourth-order valence-electron chi connectivity index (χ4n) is 1.14. The zero-order chi connectivity index (χ0) is 10.2. The van der Waals surface area contributed by atoms with Gasteiger partial charge in [0.1, 0.15) is 0 Å². The summed E-state index contributed by atoms with van der Waals surface area (Å²) in [7, 11) is 0. The fourth-order valence-corrected chi connectivity index (χ4v) is 2.15. The molecule has 0 aromatic carbocycles. The van der Waals surface area contributed by atoms with Gasteiger partial charge in [-0.1, -0.05) is 13.3 Å². The summed E-state index contributed by atoms with van der Waals surface area (Å²) in [6, 6.07) is 0. The minimum absolute atomic E-state index is 0.775. The van der Waals surface area contributed by atoms with Crippen molar-refractivity contribution in [1.82, 2.24) is 4.98 Å². The zero-order valence-corrected chi connectivity index (χ0v) is 10.1. The highest BCUT2D eigenvalue weighted by Crippen LogP contribution is 2.15. The van der Waals surface area contributed by atoms with Crippen LogP contribution in [0.3, 0.4) is 0 Å². The number of halogens is 1. The van der Waals surface area contributed by atoms with E-state index < -0.39 is 0 Å². The third-order valence-electron chi connectivity index (χ3n) is 2.00. The lowest BCUT2D eigenvalue weighted by atomic mass is 10.2. The number of nitrogens with one attached hydrogen (secondary N) is 1. The Labute approximate surface area is 94.7 Å². The molecule has 0 atom stereocenters. The quantitative estimate of drug-likeness (QED) is 0.575. The van der Waals surface area contributed by atoms with Crippen molar-refractivity contribution in [3.63, 3.8) is 0 Å². The van der Waals surface area contributed by atoms with Crippen molar-refractivity contribution < 1.29 is 0 Å². The molecule has 0 saturated carbocycles. The highest BCUT2D eigenvalue weighted by molar-refractivity contribution is 7.13. The van der Waals surface area contributed by atoms with Crippen LogP contribution in [0.2, 0.25) is 0 Å². The lowest BCUT2D eigenvalue weighted by molar-refractivity contribution is 0.747. The van der Waals surface area contributed by atoms with Gasteiger partial charge in [0.05, 0.1) is 5.69 Å². The van der Waals surface area contributed by atoms with Crippen molar-refractivity contribution in [2.45, 2.75) is 32.6 Å². The Balaban J connectivity index is 2.12. The van der Waals surface area contributed by atoms with Crippen molar-refractivity contribution in [3.8, 4) is 0 Å². The van der Waals surface area contributed by atoms with E-state index in [1.807, 2.05) is 0 Å². The second kappa shape index (κ2) is 7.07. The Morgan fingerprint density at radius 3 is 2.93 bits per heavy atom. The third kappa shape index (κ3) is 4.29. The molecule has 0 saturated heterocycles. The molecule has 1 rings (SSSR count). The van der Waals surface area contributed by atoms with Crippen molar-refractivity contribution in [3.05, 3.63) is 11.1 Å². The summed E-state index contributed by atoms with van der Waals surface area (Å²) in [5, 5.41) is 6.48. The number of aromatic nitrogens is 1. The molecule has 1 N–H and O–H groups in total. The van der Waals surface area contributed by atoms with Crippen LogP contribution in [0, 0.1) is 0 Å². The van der Waals surface area contributed by atoms with Crippen LogP contribution in [-0.2, 0) is 6.42 Å².